The van der Waals surface area contributed by atoms with Gasteiger partial charge in [0.2, 0.25) is 0 Å². The molecule has 1 saturated carbocycles. The van der Waals surface area contributed by atoms with E-state index in [4.69, 9.17) is 10.8 Å². The number of nitrogen functional groups attached to an aromatic ring is 1. The Balaban J connectivity index is 1.75. The molecule has 0 aliphatic heterocycles. The lowest BCUT2D eigenvalue weighted by Crippen LogP contribution is -2.45. The smallest absolute Gasteiger partial charge is 0.481 e. The number of amides is 3. The summed E-state index contributed by atoms with van der Waals surface area (Å²) in [6, 6.07) is 9.74. The number of aliphatic carboxylic acids is 1. The topological polar surface area (TPSA) is 134 Å². The molecule has 9 nitrogen and oxygen atoms in total. The Labute approximate surface area is 237 Å². The number of hydrogen-bond donors (Lipinski definition) is 4. The Morgan fingerprint density at radius 1 is 1.02 bits per heavy atom. The van der Waals surface area contributed by atoms with E-state index in [2.05, 4.69) is 36.1 Å². The summed E-state index contributed by atoms with van der Waals surface area (Å²) in [5.41, 5.74) is 6.97. The third kappa shape index (κ3) is 9.58. The molecule has 0 heterocycles. The molecule has 0 atom stereocenters. The van der Waals surface area contributed by atoms with Crippen molar-refractivity contribution in [2.75, 3.05) is 17.6 Å². The van der Waals surface area contributed by atoms with Crippen LogP contribution in [0.1, 0.15) is 68.8 Å². The van der Waals surface area contributed by atoms with Gasteiger partial charge in [-0.25, -0.2) is 4.79 Å². The zero-order valence-electron chi connectivity index (χ0n) is 23.4. The molecule has 3 amide bonds. The fourth-order valence-corrected chi connectivity index (χ4v) is 5.00. The number of hydrogen-bond acceptors (Lipinski definition) is 5. The van der Waals surface area contributed by atoms with Crippen LogP contribution in [0, 0.1) is 11.3 Å². The van der Waals surface area contributed by atoms with Gasteiger partial charge in [-0.05, 0) is 72.9 Å². The average Bonchev–Trinajstić information content (AvgIpc) is 2.88. The van der Waals surface area contributed by atoms with Crippen LogP contribution in [0.2, 0.25) is 0 Å². The lowest BCUT2D eigenvalue weighted by atomic mass is 9.71. The number of carboxylic acids is 1. The van der Waals surface area contributed by atoms with Crippen molar-refractivity contribution >= 4 is 29.3 Å². The Bertz CT molecular complexity index is 1220. The number of ether oxygens (including phenoxy) is 1. The van der Waals surface area contributed by atoms with Crippen molar-refractivity contribution in [1.82, 2.24) is 10.2 Å². The zero-order valence-corrected chi connectivity index (χ0v) is 23.4. The first-order valence-corrected chi connectivity index (χ1v) is 13.4. The van der Waals surface area contributed by atoms with Crippen LogP contribution < -0.4 is 21.1 Å². The van der Waals surface area contributed by atoms with Gasteiger partial charge in [0.1, 0.15) is 0 Å². The van der Waals surface area contributed by atoms with Gasteiger partial charge in [-0.1, -0.05) is 32.9 Å². The molecule has 0 unspecified atom stereocenters. The minimum atomic E-state index is -4.89. The maximum Gasteiger partial charge on any atom is 0.573 e. The molecule has 3 rings (SSSR count). The monoisotopic (exact) mass is 578 g/mol. The average molecular weight is 579 g/mol. The minimum Gasteiger partial charge on any atom is -0.481 e. The summed E-state index contributed by atoms with van der Waals surface area (Å²) in [5, 5.41) is 14.0. The van der Waals surface area contributed by atoms with Crippen LogP contribution in [0.15, 0.2) is 42.5 Å². The molecule has 5 N–H and O–H groups in total. The summed E-state index contributed by atoms with van der Waals surface area (Å²) in [4.78, 5) is 38.2. The van der Waals surface area contributed by atoms with E-state index in [-0.39, 0.29) is 42.3 Å². The quantitative estimate of drug-likeness (QED) is 0.269. The Kier molecular flexibility index (Phi) is 10.1. The van der Waals surface area contributed by atoms with Gasteiger partial charge in [-0.15, -0.1) is 13.2 Å². The predicted molar refractivity (Wildman–Crippen MR) is 148 cm³/mol. The van der Waals surface area contributed by atoms with Crippen molar-refractivity contribution < 1.29 is 37.4 Å². The first kappa shape index (κ1) is 31.6. The highest BCUT2D eigenvalue weighted by atomic mass is 19.4. The number of alkyl halides is 3. The highest BCUT2D eigenvalue weighted by molar-refractivity contribution is 5.94. The normalized spacial score (nSPS) is 17.4. The van der Waals surface area contributed by atoms with Gasteiger partial charge in [0.15, 0.2) is 5.75 Å². The van der Waals surface area contributed by atoms with Gasteiger partial charge in [0, 0.05) is 30.4 Å². The molecule has 0 saturated heterocycles. The SMILES string of the molecule is CC(C)(C)C1CCC(N(Cc2ccc(C(=O)NCCC(=O)O)cc2)C(=O)Nc2ccc(OC(F)(F)F)c(N)c2)CC1. The van der Waals surface area contributed by atoms with Gasteiger partial charge in [-0.2, -0.15) is 0 Å². The third-order valence-corrected chi connectivity index (χ3v) is 7.30. The number of nitrogens with two attached hydrogens (primary N) is 1. The number of benzene rings is 2. The molecule has 0 spiro atoms. The Morgan fingerprint density at radius 2 is 1.66 bits per heavy atom. The van der Waals surface area contributed by atoms with E-state index in [1.807, 2.05) is 0 Å². The fourth-order valence-electron chi connectivity index (χ4n) is 5.00. The number of nitrogens with one attached hydrogen (secondary N) is 2. The largest absolute Gasteiger partial charge is 0.573 e. The van der Waals surface area contributed by atoms with Crippen LogP contribution in [-0.2, 0) is 11.3 Å². The predicted octanol–water partition coefficient (Wildman–Crippen LogP) is 6.01. The Hall–Kier alpha value is -3.96. The maximum atomic E-state index is 13.5. The van der Waals surface area contributed by atoms with E-state index >= 15 is 0 Å². The molecule has 1 aliphatic carbocycles. The summed E-state index contributed by atoms with van der Waals surface area (Å²) in [7, 11) is 0. The van der Waals surface area contributed by atoms with Crippen LogP contribution in [-0.4, -0.2) is 46.9 Å². The van der Waals surface area contributed by atoms with Crippen molar-refractivity contribution in [3.63, 3.8) is 0 Å². The van der Waals surface area contributed by atoms with Crippen LogP contribution in [0.5, 0.6) is 5.75 Å². The molecule has 1 aliphatic rings. The molecule has 0 bridgehead atoms. The van der Waals surface area contributed by atoms with Crippen molar-refractivity contribution in [3.8, 4) is 5.75 Å². The first-order chi connectivity index (χ1) is 19.1. The molecule has 41 heavy (non-hydrogen) atoms. The lowest BCUT2D eigenvalue weighted by Gasteiger charge is -2.41. The van der Waals surface area contributed by atoms with E-state index in [1.54, 1.807) is 29.2 Å². The van der Waals surface area contributed by atoms with Crippen LogP contribution in [0.4, 0.5) is 29.3 Å². The maximum absolute atomic E-state index is 13.5. The van der Waals surface area contributed by atoms with E-state index in [9.17, 15) is 27.6 Å². The minimum absolute atomic E-state index is 0.00886. The number of rotatable bonds is 9. The third-order valence-electron chi connectivity index (χ3n) is 7.30. The number of urea groups is 1. The van der Waals surface area contributed by atoms with Gasteiger partial charge >= 0.3 is 18.4 Å². The second-order valence-corrected chi connectivity index (χ2v) is 11.3. The zero-order chi connectivity index (χ0) is 30.4. The van der Waals surface area contributed by atoms with Crippen molar-refractivity contribution in [2.45, 2.75) is 71.8 Å². The highest BCUT2D eigenvalue weighted by Gasteiger charge is 2.34. The van der Waals surface area contributed by atoms with Crippen LogP contribution >= 0.6 is 0 Å². The summed E-state index contributed by atoms with van der Waals surface area (Å²) < 4.78 is 41.7. The standard InChI is InChI=1S/C29H37F3N4O5/c1-28(2,3)20-8-11-22(12-9-20)36(17-18-4-6-19(7-5-18)26(39)34-15-14-25(37)38)27(40)35-21-10-13-24(23(33)16-21)41-29(30,31)32/h4-7,10,13,16,20,22H,8-9,11-12,14-15,17,33H2,1-3H3,(H,34,39)(H,35,40)(H,37,38). The first-order valence-electron chi connectivity index (χ1n) is 13.4. The number of anilines is 2. The van der Waals surface area contributed by atoms with E-state index in [0.717, 1.165) is 37.3 Å². The van der Waals surface area contributed by atoms with Crippen molar-refractivity contribution in [3.05, 3.63) is 53.6 Å². The van der Waals surface area contributed by atoms with Gasteiger partial charge < -0.3 is 31.1 Å². The number of carbonyl (C=O) groups is 3. The molecule has 0 radical (unpaired) electrons. The molecule has 2 aromatic rings. The Morgan fingerprint density at radius 3 is 2.20 bits per heavy atom. The van der Waals surface area contributed by atoms with Crippen LogP contribution in [0.25, 0.3) is 0 Å². The van der Waals surface area contributed by atoms with Gasteiger partial charge in [0.05, 0.1) is 12.1 Å². The molecule has 2 aromatic carbocycles. The molecule has 224 valence electrons. The van der Waals surface area contributed by atoms with Crippen molar-refractivity contribution in [1.29, 1.82) is 0 Å². The van der Waals surface area contributed by atoms with Crippen LogP contribution in [0.3, 0.4) is 0 Å². The summed E-state index contributed by atoms with van der Waals surface area (Å²) in [5.74, 6) is -1.45. The van der Waals surface area contributed by atoms with Crippen molar-refractivity contribution in [2.24, 2.45) is 11.3 Å². The molecular formula is C29H37F3N4O5. The lowest BCUT2D eigenvalue weighted by molar-refractivity contribution is -0.274. The van der Waals surface area contributed by atoms with Gasteiger partial charge in [0.25, 0.3) is 5.91 Å². The fraction of sp³-hybridized carbons (Fsp3) is 0.483. The second-order valence-electron chi connectivity index (χ2n) is 11.3. The molecule has 1 fully saturated rings. The summed E-state index contributed by atoms with van der Waals surface area (Å²) in [6.45, 7) is 6.87. The van der Waals surface area contributed by atoms with Gasteiger partial charge in [-0.3, -0.25) is 9.59 Å². The highest BCUT2D eigenvalue weighted by Crippen LogP contribution is 2.39. The number of carboxylic acid groups (broad SMARTS) is 1. The summed E-state index contributed by atoms with van der Waals surface area (Å²) in [6.07, 6.45) is -1.60. The van der Waals surface area contributed by atoms with E-state index in [1.165, 1.54) is 12.1 Å². The number of carbonyl (C=O) groups excluding carboxylic acids is 2. The molecular weight excluding hydrogens is 541 g/mol. The van der Waals surface area contributed by atoms with E-state index < -0.39 is 30.0 Å². The van der Waals surface area contributed by atoms with E-state index in [0.29, 0.717) is 11.5 Å². The second kappa shape index (κ2) is 13.1. The molecule has 12 heteroatoms. The number of halogens is 3. The molecule has 0 aromatic heterocycles. The summed E-state index contributed by atoms with van der Waals surface area (Å²) >= 11 is 0. The number of nitrogens with zero attached hydrogens (tertiary/aromatic N) is 1.